The molecule has 0 aliphatic rings. The Bertz CT molecular complexity index is 1430. The minimum atomic E-state index is -3.89. The molecule has 34 heavy (non-hydrogen) atoms. The van der Waals surface area contributed by atoms with Crippen LogP contribution in [0.1, 0.15) is 16.9 Å². The summed E-state index contributed by atoms with van der Waals surface area (Å²) in [6, 6.07) is 16.3. The van der Waals surface area contributed by atoms with Crippen molar-refractivity contribution in [1.29, 1.82) is 0 Å². The first-order valence-electron chi connectivity index (χ1n) is 10.3. The SMILES string of the molecule is Cc1ccc(NC(=O)CSc2nnc(-c3ccoc3C)n2Cc2ccccc2)cc1S(N)(=O)=O. The maximum absolute atomic E-state index is 12.6. The second-order valence-corrected chi connectivity index (χ2v) is 10.1. The number of nitrogens with zero attached hydrogens (tertiary/aromatic N) is 3. The smallest absolute Gasteiger partial charge is 0.238 e. The lowest BCUT2D eigenvalue weighted by atomic mass is 10.2. The van der Waals surface area contributed by atoms with Gasteiger partial charge in [0.25, 0.3) is 0 Å². The molecular formula is C23H23N5O4S2. The molecule has 2 heterocycles. The molecule has 4 rings (SSSR count). The van der Waals surface area contributed by atoms with E-state index in [0.29, 0.717) is 28.8 Å². The maximum Gasteiger partial charge on any atom is 0.238 e. The number of anilines is 1. The summed E-state index contributed by atoms with van der Waals surface area (Å²) in [7, 11) is -3.89. The molecule has 176 valence electrons. The number of nitrogens with two attached hydrogens (primary N) is 1. The number of aryl methyl sites for hydroxylation is 2. The Balaban J connectivity index is 1.53. The van der Waals surface area contributed by atoms with E-state index in [2.05, 4.69) is 15.5 Å². The number of hydrogen-bond acceptors (Lipinski definition) is 7. The number of nitrogens with one attached hydrogen (secondary N) is 1. The molecule has 0 saturated heterocycles. The van der Waals surface area contributed by atoms with E-state index >= 15 is 0 Å². The van der Waals surface area contributed by atoms with Crippen LogP contribution in [0.25, 0.3) is 11.4 Å². The van der Waals surface area contributed by atoms with Gasteiger partial charge in [0.15, 0.2) is 11.0 Å². The fourth-order valence-electron chi connectivity index (χ4n) is 3.43. The van der Waals surface area contributed by atoms with Gasteiger partial charge in [0.05, 0.1) is 29.0 Å². The van der Waals surface area contributed by atoms with Crippen molar-refractivity contribution in [2.24, 2.45) is 5.14 Å². The monoisotopic (exact) mass is 497 g/mol. The number of carbonyl (C=O) groups excluding carboxylic acids is 1. The molecule has 0 atom stereocenters. The van der Waals surface area contributed by atoms with E-state index in [0.717, 1.165) is 16.9 Å². The van der Waals surface area contributed by atoms with Crippen LogP contribution in [0.2, 0.25) is 0 Å². The van der Waals surface area contributed by atoms with E-state index in [9.17, 15) is 13.2 Å². The summed E-state index contributed by atoms with van der Waals surface area (Å²) < 4.78 is 30.9. The molecule has 3 N–H and O–H groups in total. The van der Waals surface area contributed by atoms with Crippen molar-refractivity contribution in [2.45, 2.75) is 30.4 Å². The number of amides is 1. The van der Waals surface area contributed by atoms with Crippen molar-refractivity contribution in [3.8, 4) is 11.4 Å². The molecule has 0 spiro atoms. The van der Waals surface area contributed by atoms with E-state index < -0.39 is 10.0 Å². The number of hydrogen-bond donors (Lipinski definition) is 2. The Labute approximate surface area is 201 Å². The molecule has 9 nitrogen and oxygen atoms in total. The van der Waals surface area contributed by atoms with Gasteiger partial charge in [-0.2, -0.15) is 0 Å². The van der Waals surface area contributed by atoms with Crippen LogP contribution < -0.4 is 10.5 Å². The largest absolute Gasteiger partial charge is 0.469 e. The lowest BCUT2D eigenvalue weighted by molar-refractivity contribution is -0.113. The van der Waals surface area contributed by atoms with E-state index in [4.69, 9.17) is 9.56 Å². The summed E-state index contributed by atoms with van der Waals surface area (Å²) in [5.74, 6) is 1.11. The van der Waals surface area contributed by atoms with Crippen molar-refractivity contribution in [1.82, 2.24) is 14.8 Å². The summed E-state index contributed by atoms with van der Waals surface area (Å²) >= 11 is 1.23. The molecule has 0 unspecified atom stereocenters. The van der Waals surface area contributed by atoms with E-state index in [1.165, 1.54) is 17.8 Å². The average molecular weight is 498 g/mol. The number of carbonyl (C=O) groups is 1. The predicted octanol–water partition coefficient (Wildman–Crippen LogP) is 3.58. The van der Waals surface area contributed by atoms with Crippen LogP contribution in [-0.2, 0) is 21.4 Å². The molecule has 2 aromatic heterocycles. The molecule has 11 heteroatoms. The van der Waals surface area contributed by atoms with Crippen LogP contribution in [0.5, 0.6) is 0 Å². The molecule has 0 bridgehead atoms. The van der Waals surface area contributed by atoms with Crippen molar-refractivity contribution in [3.63, 3.8) is 0 Å². The minimum absolute atomic E-state index is 0.0271. The number of furan rings is 1. The quantitative estimate of drug-likeness (QED) is 0.355. The fraction of sp³-hybridized carbons (Fsp3) is 0.174. The topological polar surface area (TPSA) is 133 Å². The minimum Gasteiger partial charge on any atom is -0.469 e. The summed E-state index contributed by atoms with van der Waals surface area (Å²) in [4.78, 5) is 12.6. The molecule has 0 saturated carbocycles. The third kappa shape index (κ3) is 5.38. The van der Waals surface area contributed by atoms with Crippen LogP contribution >= 0.6 is 11.8 Å². The van der Waals surface area contributed by atoms with Crippen LogP contribution in [0.3, 0.4) is 0 Å². The third-order valence-corrected chi connectivity index (χ3v) is 7.13. The molecule has 0 aliphatic heterocycles. The highest BCUT2D eigenvalue weighted by atomic mass is 32.2. The summed E-state index contributed by atoms with van der Waals surface area (Å²) in [5, 5.41) is 17.2. The van der Waals surface area contributed by atoms with Gasteiger partial charge in [-0.05, 0) is 43.2 Å². The third-order valence-electron chi connectivity index (χ3n) is 5.11. The highest BCUT2D eigenvalue weighted by Crippen LogP contribution is 2.28. The summed E-state index contributed by atoms with van der Waals surface area (Å²) in [6.07, 6.45) is 1.60. The second-order valence-electron chi connectivity index (χ2n) is 7.63. The lowest BCUT2D eigenvalue weighted by Gasteiger charge is -2.11. The highest BCUT2D eigenvalue weighted by Gasteiger charge is 2.19. The Hall–Kier alpha value is -3.41. The van der Waals surface area contributed by atoms with Gasteiger partial charge in [0.1, 0.15) is 5.76 Å². The number of aromatic nitrogens is 3. The normalized spacial score (nSPS) is 11.5. The van der Waals surface area contributed by atoms with Crippen LogP contribution in [0.15, 0.2) is 75.3 Å². The molecule has 0 fully saturated rings. The van der Waals surface area contributed by atoms with Gasteiger partial charge >= 0.3 is 0 Å². The maximum atomic E-state index is 12.6. The van der Waals surface area contributed by atoms with Gasteiger partial charge in [-0.3, -0.25) is 9.36 Å². The van der Waals surface area contributed by atoms with Gasteiger partial charge in [-0.25, -0.2) is 13.6 Å². The molecule has 2 aromatic carbocycles. The first kappa shape index (κ1) is 23.7. The van der Waals surface area contributed by atoms with Gasteiger partial charge in [-0.1, -0.05) is 48.2 Å². The van der Waals surface area contributed by atoms with Gasteiger partial charge in [-0.15, -0.1) is 10.2 Å². The Morgan fingerprint density at radius 2 is 1.88 bits per heavy atom. The van der Waals surface area contributed by atoms with Gasteiger partial charge in [0.2, 0.25) is 15.9 Å². The number of thioether (sulfide) groups is 1. The summed E-state index contributed by atoms with van der Waals surface area (Å²) in [6.45, 7) is 4.02. The predicted molar refractivity (Wildman–Crippen MR) is 130 cm³/mol. The lowest BCUT2D eigenvalue weighted by Crippen LogP contribution is -2.17. The molecular weight excluding hydrogens is 474 g/mol. The zero-order valence-corrected chi connectivity index (χ0v) is 20.2. The molecule has 4 aromatic rings. The Kier molecular flexibility index (Phi) is 6.87. The number of benzene rings is 2. The first-order valence-corrected chi connectivity index (χ1v) is 12.8. The highest BCUT2D eigenvalue weighted by molar-refractivity contribution is 7.99. The molecule has 0 radical (unpaired) electrons. The van der Waals surface area contributed by atoms with E-state index in [1.54, 1.807) is 25.3 Å². The van der Waals surface area contributed by atoms with Crippen molar-refractivity contribution >= 4 is 33.4 Å². The van der Waals surface area contributed by atoms with E-state index in [-0.39, 0.29) is 16.6 Å². The standard InChI is InChI=1S/C23H23N5O4S2/c1-15-8-9-18(12-20(15)34(24,30)31)25-21(29)14-33-23-27-26-22(19-10-11-32-16(19)2)28(23)13-17-6-4-3-5-7-17/h3-12H,13-14H2,1-2H3,(H,25,29)(H2,24,30,31). The van der Waals surface area contributed by atoms with Gasteiger partial charge in [0, 0.05) is 5.69 Å². The Morgan fingerprint density at radius 1 is 1.12 bits per heavy atom. The second kappa shape index (κ2) is 9.84. The van der Waals surface area contributed by atoms with Crippen LogP contribution in [0.4, 0.5) is 5.69 Å². The number of rotatable bonds is 8. The van der Waals surface area contributed by atoms with Crippen LogP contribution in [-0.4, -0.2) is 34.8 Å². The number of primary sulfonamides is 1. The zero-order chi connectivity index (χ0) is 24.3. The van der Waals surface area contributed by atoms with Gasteiger partial charge < -0.3 is 9.73 Å². The average Bonchev–Trinajstić information content (AvgIpc) is 3.39. The van der Waals surface area contributed by atoms with Crippen LogP contribution in [0, 0.1) is 13.8 Å². The van der Waals surface area contributed by atoms with Crippen molar-refractivity contribution in [2.75, 3.05) is 11.1 Å². The molecule has 0 aliphatic carbocycles. The summed E-state index contributed by atoms with van der Waals surface area (Å²) in [5.41, 5.74) is 2.74. The van der Waals surface area contributed by atoms with Crippen molar-refractivity contribution in [3.05, 3.63) is 77.7 Å². The fourth-order valence-corrected chi connectivity index (χ4v) is 4.98. The zero-order valence-electron chi connectivity index (χ0n) is 18.6. The van der Waals surface area contributed by atoms with Crippen molar-refractivity contribution < 1.29 is 17.6 Å². The number of sulfonamides is 1. The molecule has 1 amide bonds. The first-order chi connectivity index (χ1) is 16.2. The van der Waals surface area contributed by atoms with E-state index in [1.807, 2.05) is 47.9 Å². The Morgan fingerprint density at radius 3 is 2.56 bits per heavy atom.